The van der Waals surface area contributed by atoms with E-state index in [1.54, 1.807) is 0 Å². The molecule has 0 aromatic rings. The summed E-state index contributed by atoms with van der Waals surface area (Å²) in [6, 6.07) is 0. The fraction of sp³-hybridized carbons (Fsp3) is 0.600. The van der Waals surface area contributed by atoms with Gasteiger partial charge in [-0.1, -0.05) is 0 Å². The minimum absolute atomic E-state index is 0.273. The van der Waals surface area contributed by atoms with E-state index in [1.807, 2.05) is 0 Å². The molecule has 0 fully saturated rings. The molecule has 0 aliphatic carbocycles. The molecular formula is C5H8ClNO2. The smallest absolute Gasteiger partial charge is 0.225 e. The van der Waals surface area contributed by atoms with Crippen molar-refractivity contribution in [2.45, 2.75) is 6.92 Å². The molecule has 2 amide bonds. The van der Waals surface area contributed by atoms with Crippen LogP contribution in [0.4, 0.5) is 0 Å². The zero-order valence-corrected chi connectivity index (χ0v) is 5.89. The molecule has 4 heteroatoms. The van der Waals surface area contributed by atoms with Crippen molar-refractivity contribution in [1.29, 1.82) is 0 Å². The van der Waals surface area contributed by atoms with Gasteiger partial charge in [0, 0.05) is 19.3 Å². The molecule has 0 rings (SSSR count). The van der Waals surface area contributed by atoms with Crippen LogP contribution in [-0.2, 0) is 9.59 Å². The Balaban J connectivity index is 3.68. The molecule has 0 bridgehead atoms. The highest BCUT2D eigenvalue weighted by molar-refractivity contribution is 6.18. The molecule has 0 aliphatic heterocycles. The maximum absolute atomic E-state index is 10.4. The van der Waals surface area contributed by atoms with Gasteiger partial charge in [-0.25, -0.2) is 0 Å². The Morgan fingerprint density at radius 1 is 1.78 bits per heavy atom. The zero-order chi connectivity index (χ0) is 7.28. The van der Waals surface area contributed by atoms with Crippen molar-refractivity contribution < 1.29 is 9.59 Å². The summed E-state index contributed by atoms with van der Waals surface area (Å²) >= 11 is 5.27. The molecule has 0 saturated carbocycles. The van der Waals surface area contributed by atoms with E-state index in [4.69, 9.17) is 11.6 Å². The first kappa shape index (κ1) is 8.43. The van der Waals surface area contributed by atoms with Gasteiger partial charge < -0.3 is 0 Å². The molecule has 0 unspecified atom stereocenters. The van der Waals surface area contributed by atoms with Crippen molar-refractivity contribution in [2.75, 3.05) is 12.4 Å². The molecule has 0 N–H and O–H groups in total. The molecule has 0 atom stereocenters. The molecule has 0 heterocycles. The molecule has 3 nitrogen and oxygen atoms in total. The molecule has 0 radical (unpaired) electrons. The number of hydrogen-bond donors (Lipinski definition) is 0. The number of amides is 2. The van der Waals surface area contributed by atoms with E-state index in [0.29, 0.717) is 18.8 Å². The number of carbonyl (C=O) groups is 2. The summed E-state index contributed by atoms with van der Waals surface area (Å²) in [5.41, 5.74) is 0. The van der Waals surface area contributed by atoms with Crippen LogP contribution >= 0.6 is 11.6 Å². The third-order valence-electron chi connectivity index (χ3n) is 0.857. The van der Waals surface area contributed by atoms with Gasteiger partial charge in [0.1, 0.15) is 0 Å². The second kappa shape index (κ2) is 4.32. The third-order valence-corrected chi connectivity index (χ3v) is 1.03. The lowest BCUT2D eigenvalue weighted by Crippen LogP contribution is -2.28. The number of halogens is 1. The summed E-state index contributed by atoms with van der Waals surface area (Å²) in [4.78, 5) is 21.4. The minimum Gasteiger partial charge on any atom is -0.284 e. The second-order valence-electron chi connectivity index (χ2n) is 1.51. The topological polar surface area (TPSA) is 37.4 Å². The van der Waals surface area contributed by atoms with E-state index in [0.717, 1.165) is 4.90 Å². The van der Waals surface area contributed by atoms with Crippen LogP contribution < -0.4 is 0 Å². The maximum atomic E-state index is 10.4. The lowest BCUT2D eigenvalue weighted by atomic mass is 10.5. The molecule has 52 valence electrons. The first-order valence-corrected chi connectivity index (χ1v) is 3.04. The van der Waals surface area contributed by atoms with Crippen LogP contribution in [0.25, 0.3) is 0 Å². The fourth-order valence-electron chi connectivity index (χ4n) is 0.375. The predicted octanol–water partition coefficient (Wildman–Crippen LogP) is 0.230. The highest BCUT2D eigenvalue weighted by Gasteiger charge is 2.03. The third kappa shape index (κ3) is 3.08. The number of alkyl halides is 1. The van der Waals surface area contributed by atoms with Gasteiger partial charge in [-0.2, -0.15) is 0 Å². The van der Waals surface area contributed by atoms with Gasteiger partial charge in [0.2, 0.25) is 12.3 Å². The number of nitrogens with zero attached hydrogens (tertiary/aromatic N) is 1. The van der Waals surface area contributed by atoms with Crippen molar-refractivity contribution in [3.8, 4) is 0 Å². The zero-order valence-electron chi connectivity index (χ0n) is 5.13. The summed E-state index contributed by atoms with van der Waals surface area (Å²) in [5, 5.41) is 0. The van der Waals surface area contributed by atoms with Crippen LogP contribution in [0.15, 0.2) is 0 Å². The Kier molecular flexibility index (Phi) is 4.05. The standard InChI is InChI=1S/C5H8ClNO2/c1-5(9)7(4-8)3-2-6/h4H,2-3H2,1H3. The Bertz CT molecular complexity index is 116. The number of hydrogen-bond acceptors (Lipinski definition) is 2. The highest BCUT2D eigenvalue weighted by atomic mass is 35.5. The van der Waals surface area contributed by atoms with Gasteiger partial charge in [0.25, 0.3) is 0 Å². The van der Waals surface area contributed by atoms with Gasteiger partial charge >= 0.3 is 0 Å². The average Bonchev–Trinajstić information content (AvgIpc) is 1.82. The normalized spacial score (nSPS) is 8.67. The monoisotopic (exact) mass is 149 g/mol. The van der Waals surface area contributed by atoms with Gasteiger partial charge in [-0.05, 0) is 0 Å². The largest absolute Gasteiger partial charge is 0.284 e. The van der Waals surface area contributed by atoms with E-state index in [9.17, 15) is 9.59 Å². The maximum Gasteiger partial charge on any atom is 0.225 e. The quantitative estimate of drug-likeness (QED) is 0.426. The summed E-state index contributed by atoms with van der Waals surface area (Å²) in [6.07, 6.45) is 0.477. The van der Waals surface area contributed by atoms with Crippen molar-refractivity contribution in [3.63, 3.8) is 0 Å². The van der Waals surface area contributed by atoms with Crippen molar-refractivity contribution in [3.05, 3.63) is 0 Å². The van der Waals surface area contributed by atoms with E-state index in [-0.39, 0.29) is 5.91 Å². The molecule has 0 aromatic carbocycles. The minimum atomic E-state index is -0.273. The lowest BCUT2D eigenvalue weighted by Gasteiger charge is -2.08. The molecule has 9 heavy (non-hydrogen) atoms. The second-order valence-corrected chi connectivity index (χ2v) is 1.88. The van der Waals surface area contributed by atoms with E-state index in [1.165, 1.54) is 6.92 Å². The van der Waals surface area contributed by atoms with Gasteiger partial charge in [-0.3, -0.25) is 14.5 Å². The fourth-order valence-corrected chi connectivity index (χ4v) is 0.558. The van der Waals surface area contributed by atoms with Crippen LogP contribution in [0.2, 0.25) is 0 Å². The van der Waals surface area contributed by atoms with E-state index < -0.39 is 0 Å². The summed E-state index contributed by atoms with van der Waals surface area (Å²) < 4.78 is 0. The Morgan fingerprint density at radius 2 is 2.33 bits per heavy atom. The first-order valence-electron chi connectivity index (χ1n) is 2.51. The van der Waals surface area contributed by atoms with E-state index in [2.05, 4.69) is 0 Å². The average molecular weight is 150 g/mol. The Morgan fingerprint density at radius 3 is 2.44 bits per heavy atom. The van der Waals surface area contributed by atoms with Crippen LogP contribution in [0.1, 0.15) is 6.92 Å². The first-order chi connectivity index (χ1) is 4.22. The van der Waals surface area contributed by atoms with Gasteiger partial charge in [0.05, 0.1) is 0 Å². The number of rotatable bonds is 3. The highest BCUT2D eigenvalue weighted by Crippen LogP contribution is 1.84. The summed E-state index contributed by atoms with van der Waals surface area (Å²) in [5.74, 6) is 0.0175. The Hall–Kier alpha value is -0.570. The molecule has 0 aromatic heterocycles. The van der Waals surface area contributed by atoms with Crippen LogP contribution in [-0.4, -0.2) is 29.6 Å². The van der Waals surface area contributed by atoms with Gasteiger partial charge in [-0.15, -0.1) is 11.6 Å². The van der Waals surface area contributed by atoms with Crippen molar-refractivity contribution in [1.82, 2.24) is 4.90 Å². The Labute approximate surface area is 58.6 Å². The van der Waals surface area contributed by atoms with Crippen LogP contribution in [0.3, 0.4) is 0 Å². The summed E-state index contributed by atoms with van der Waals surface area (Å²) in [6.45, 7) is 1.61. The van der Waals surface area contributed by atoms with Crippen molar-refractivity contribution in [2.24, 2.45) is 0 Å². The summed E-state index contributed by atoms with van der Waals surface area (Å²) in [7, 11) is 0. The van der Waals surface area contributed by atoms with Crippen molar-refractivity contribution >= 4 is 23.9 Å². The predicted molar refractivity (Wildman–Crippen MR) is 34.2 cm³/mol. The molecule has 0 aliphatic rings. The van der Waals surface area contributed by atoms with Crippen LogP contribution in [0.5, 0.6) is 0 Å². The number of imide groups is 1. The number of carbonyl (C=O) groups excluding carboxylic acids is 2. The van der Waals surface area contributed by atoms with E-state index >= 15 is 0 Å². The molecule has 0 saturated heterocycles. The van der Waals surface area contributed by atoms with Gasteiger partial charge in [0.15, 0.2) is 0 Å². The molecule has 0 spiro atoms. The van der Waals surface area contributed by atoms with Crippen LogP contribution in [0, 0.1) is 0 Å². The molecular weight excluding hydrogens is 142 g/mol. The SMILES string of the molecule is CC(=O)N(C=O)CCCl. The lowest BCUT2D eigenvalue weighted by molar-refractivity contribution is -0.136.